The molecule has 0 amide bonds. The summed E-state index contributed by atoms with van der Waals surface area (Å²) in [7, 11) is 0. The molecule has 2 aliphatic rings. The fourth-order valence-corrected chi connectivity index (χ4v) is 4.04. The summed E-state index contributed by atoms with van der Waals surface area (Å²) in [5, 5.41) is 0. The van der Waals surface area contributed by atoms with Crippen molar-refractivity contribution in [1.29, 1.82) is 0 Å². The minimum absolute atomic E-state index is 0.154. The first-order chi connectivity index (χ1) is 12.3. The van der Waals surface area contributed by atoms with Crippen LogP contribution in [0.4, 0.5) is 5.82 Å². The van der Waals surface area contributed by atoms with Gasteiger partial charge in [-0.15, -0.1) is 0 Å². The van der Waals surface area contributed by atoms with Crippen molar-refractivity contribution in [1.82, 2.24) is 19.9 Å². The van der Waals surface area contributed by atoms with Crippen molar-refractivity contribution in [3.05, 3.63) is 48.7 Å². The number of hydrogen-bond donors (Lipinski definition) is 0. The number of hydrogen-bond acceptors (Lipinski definition) is 6. The van der Waals surface area contributed by atoms with Crippen molar-refractivity contribution < 1.29 is 4.74 Å². The summed E-state index contributed by atoms with van der Waals surface area (Å²) in [6.07, 6.45) is 9.60. The molecule has 0 aromatic carbocycles. The third kappa shape index (κ3) is 3.96. The molecule has 25 heavy (non-hydrogen) atoms. The lowest BCUT2D eigenvalue weighted by Gasteiger charge is -2.44. The predicted octanol–water partition coefficient (Wildman–Crippen LogP) is 1.99. The third-order valence-corrected chi connectivity index (χ3v) is 5.17. The molecule has 1 spiro atoms. The summed E-state index contributed by atoms with van der Waals surface area (Å²) >= 11 is 0. The molecule has 6 nitrogen and oxygen atoms in total. The molecule has 6 heteroatoms. The maximum Gasteiger partial charge on any atom is 0.147 e. The second kappa shape index (κ2) is 7.45. The summed E-state index contributed by atoms with van der Waals surface area (Å²) in [6.45, 7) is 6.52. The number of ether oxygens (including phenoxy) is 1. The topological polar surface area (TPSA) is 54.4 Å². The van der Waals surface area contributed by atoms with Crippen LogP contribution in [-0.2, 0) is 11.3 Å². The fourth-order valence-electron chi connectivity index (χ4n) is 4.04. The van der Waals surface area contributed by atoms with Crippen molar-refractivity contribution in [3.8, 4) is 0 Å². The van der Waals surface area contributed by atoms with Crippen LogP contribution in [0.1, 0.15) is 18.5 Å². The van der Waals surface area contributed by atoms with E-state index in [2.05, 4.69) is 36.9 Å². The summed E-state index contributed by atoms with van der Waals surface area (Å²) in [5.41, 5.74) is 1.28. The highest BCUT2D eigenvalue weighted by atomic mass is 16.5. The Labute approximate surface area is 148 Å². The van der Waals surface area contributed by atoms with Gasteiger partial charge in [0.15, 0.2) is 0 Å². The van der Waals surface area contributed by atoms with E-state index in [4.69, 9.17) is 4.74 Å². The SMILES string of the molecule is c1ccc(CN2CCOC[C@]3(CCCN(c4cnccn4)C3)C2)nc1. The van der Waals surface area contributed by atoms with E-state index in [1.54, 1.807) is 12.4 Å². The van der Waals surface area contributed by atoms with Crippen LogP contribution < -0.4 is 4.90 Å². The van der Waals surface area contributed by atoms with Crippen LogP contribution in [0.2, 0.25) is 0 Å². The summed E-state index contributed by atoms with van der Waals surface area (Å²) < 4.78 is 6.02. The molecule has 4 heterocycles. The highest BCUT2D eigenvalue weighted by Crippen LogP contribution is 2.34. The van der Waals surface area contributed by atoms with E-state index in [0.29, 0.717) is 0 Å². The summed E-state index contributed by atoms with van der Waals surface area (Å²) in [4.78, 5) is 18.1. The van der Waals surface area contributed by atoms with Crippen LogP contribution in [0.5, 0.6) is 0 Å². The Morgan fingerprint density at radius 3 is 2.92 bits per heavy atom. The van der Waals surface area contributed by atoms with E-state index in [0.717, 1.165) is 63.9 Å². The van der Waals surface area contributed by atoms with Gasteiger partial charge in [-0.1, -0.05) is 6.07 Å². The molecule has 0 N–H and O–H groups in total. The second-order valence-electron chi connectivity index (χ2n) is 7.17. The predicted molar refractivity (Wildman–Crippen MR) is 96.2 cm³/mol. The lowest BCUT2D eigenvalue weighted by molar-refractivity contribution is 0.0555. The monoisotopic (exact) mass is 339 g/mol. The molecule has 0 bridgehead atoms. The van der Waals surface area contributed by atoms with Gasteiger partial charge in [0, 0.05) is 56.7 Å². The summed E-state index contributed by atoms with van der Waals surface area (Å²) in [6, 6.07) is 6.13. The van der Waals surface area contributed by atoms with Crippen molar-refractivity contribution in [2.45, 2.75) is 19.4 Å². The molecule has 0 saturated carbocycles. The molecular formula is C19H25N5O. The van der Waals surface area contributed by atoms with Gasteiger partial charge in [-0.3, -0.25) is 14.9 Å². The van der Waals surface area contributed by atoms with Crippen LogP contribution in [0, 0.1) is 5.41 Å². The number of piperidine rings is 1. The summed E-state index contributed by atoms with van der Waals surface area (Å²) in [5.74, 6) is 0.974. The van der Waals surface area contributed by atoms with Crippen LogP contribution in [-0.4, -0.2) is 59.2 Å². The van der Waals surface area contributed by atoms with Gasteiger partial charge in [-0.05, 0) is 25.0 Å². The number of nitrogens with zero attached hydrogens (tertiary/aromatic N) is 5. The Morgan fingerprint density at radius 1 is 1.08 bits per heavy atom. The average Bonchev–Trinajstić information content (AvgIpc) is 2.85. The number of pyridine rings is 1. The van der Waals surface area contributed by atoms with E-state index < -0.39 is 0 Å². The van der Waals surface area contributed by atoms with E-state index >= 15 is 0 Å². The largest absolute Gasteiger partial charge is 0.379 e. The van der Waals surface area contributed by atoms with Gasteiger partial charge >= 0.3 is 0 Å². The maximum absolute atomic E-state index is 6.02. The zero-order chi connectivity index (χ0) is 17.0. The van der Waals surface area contributed by atoms with E-state index in [1.807, 2.05) is 18.5 Å². The van der Waals surface area contributed by atoms with Gasteiger partial charge in [0.25, 0.3) is 0 Å². The normalized spacial score (nSPS) is 25.0. The molecule has 0 unspecified atom stereocenters. The Morgan fingerprint density at radius 2 is 2.08 bits per heavy atom. The molecule has 0 aliphatic carbocycles. The lowest BCUT2D eigenvalue weighted by Crippen LogP contribution is -2.50. The lowest BCUT2D eigenvalue weighted by atomic mass is 9.80. The molecule has 0 radical (unpaired) electrons. The number of aromatic nitrogens is 3. The van der Waals surface area contributed by atoms with Crippen LogP contribution >= 0.6 is 0 Å². The molecule has 132 valence electrons. The Balaban J connectivity index is 1.49. The molecule has 4 rings (SSSR count). The minimum atomic E-state index is 0.154. The van der Waals surface area contributed by atoms with Crippen LogP contribution in [0.3, 0.4) is 0 Å². The van der Waals surface area contributed by atoms with Crippen LogP contribution in [0.15, 0.2) is 43.0 Å². The first kappa shape index (κ1) is 16.4. The maximum atomic E-state index is 6.02. The zero-order valence-electron chi connectivity index (χ0n) is 14.5. The van der Waals surface area contributed by atoms with E-state index in [-0.39, 0.29) is 5.41 Å². The molecule has 2 aromatic rings. The van der Waals surface area contributed by atoms with Crippen molar-refractivity contribution >= 4 is 5.82 Å². The smallest absolute Gasteiger partial charge is 0.147 e. The second-order valence-corrected chi connectivity index (χ2v) is 7.17. The van der Waals surface area contributed by atoms with Crippen molar-refractivity contribution in [2.24, 2.45) is 5.41 Å². The molecule has 2 fully saturated rings. The van der Waals surface area contributed by atoms with E-state index in [1.165, 1.54) is 6.42 Å². The first-order valence-corrected chi connectivity index (χ1v) is 9.04. The Kier molecular flexibility index (Phi) is 4.90. The zero-order valence-corrected chi connectivity index (χ0v) is 14.5. The molecule has 2 aliphatic heterocycles. The van der Waals surface area contributed by atoms with Gasteiger partial charge in [0.05, 0.1) is 25.1 Å². The molecule has 2 aromatic heterocycles. The van der Waals surface area contributed by atoms with Crippen LogP contribution in [0.25, 0.3) is 0 Å². The Hall–Kier alpha value is -2.05. The number of anilines is 1. The highest BCUT2D eigenvalue weighted by Gasteiger charge is 2.39. The average molecular weight is 339 g/mol. The first-order valence-electron chi connectivity index (χ1n) is 9.04. The van der Waals surface area contributed by atoms with Gasteiger partial charge in [0.1, 0.15) is 5.82 Å². The van der Waals surface area contributed by atoms with Gasteiger partial charge < -0.3 is 9.64 Å². The number of rotatable bonds is 3. The third-order valence-electron chi connectivity index (χ3n) is 5.17. The van der Waals surface area contributed by atoms with Gasteiger partial charge in [-0.25, -0.2) is 4.98 Å². The molecule has 1 atom stereocenters. The molecular weight excluding hydrogens is 314 g/mol. The highest BCUT2D eigenvalue weighted by molar-refractivity contribution is 5.36. The fraction of sp³-hybridized carbons (Fsp3) is 0.526. The van der Waals surface area contributed by atoms with E-state index in [9.17, 15) is 0 Å². The van der Waals surface area contributed by atoms with Gasteiger partial charge in [-0.2, -0.15) is 0 Å². The molecule has 2 saturated heterocycles. The quantitative estimate of drug-likeness (QED) is 0.852. The minimum Gasteiger partial charge on any atom is -0.379 e. The Bertz CT molecular complexity index is 668. The standard InChI is InChI=1S/C19H25N5O/c1-2-6-21-17(4-1)13-23-10-11-25-16-19(14-23)5-3-9-24(15-19)18-12-20-7-8-22-18/h1-2,4,6-8,12H,3,5,9-11,13-16H2/t19-/m1/s1. The van der Waals surface area contributed by atoms with Gasteiger partial charge in [0.2, 0.25) is 0 Å². The van der Waals surface area contributed by atoms with Crippen molar-refractivity contribution in [2.75, 3.05) is 44.3 Å². The van der Waals surface area contributed by atoms with Crippen molar-refractivity contribution in [3.63, 3.8) is 0 Å².